The zero-order chi connectivity index (χ0) is 15.2. The van der Waals surface area contributed by atoms with Crippen LogP contribution in [0.1, 0.15) is 13.8 Å². The van der Waals surface area contributed by atoms with Gasteiger partial charge in [-0.1, -0.05) is 0 Å². The van der Waals surface area contributed by atoms with Gasteiger partial charge in [0.1, 0.15) is 18.3 Å². The largest absolute Gasteiger partial charge is 0.394 e. The van der Waals surface area contributed by atoms with E-state index in [1.54, 1.807) is 13.8 Å². The fourth-order valence-electron chi connectivity index (χ4n) is 2.80. The summed E-state index contributed by atoms with van der Waals surface area (Å²) in [6, 6.07) is 0. The van der Waals surface area contributed by atoms with Gasteiger partial charge >= 0.3 is 0 Å². The molecule has 3 aliphatic heterocycles. The maximum absolute atomic E-state index is 10.0. The summed E-state index contributed by atoms with van der Waals surface area (Å²) in [4.78, 5) is 5.28. The Morgan fingerprint density at radius 1 is 1.38 bits per heavy atom. The van der Waals surface area contributed by atoms with Crippen LogP contribution in [0.4, 0.5) is 0 Å². The zero-order valence-corrected chi connectivity index (χ0v) is 11.7. The van der Waals surface area contributed by atoms with Gasteiger partial charge in [-0.3, -0.25) is 10.7 Å². The summed E-state index contributed by atoms with van der Waals surface area (Å²) in [5, 5.41) is 28.2. The van der Waals surface area contributed by atoms with E-state index >= 15 is 0 Å². The minimum absolute atomic E-state index is 0.135. The fourth-order valence-corrected chi connectivity index (χ4v) is 2.80. The molecule has 0 radical (unpaired) electrons. The van der Waals surface area contributed by atoms with E-state index in [4.69, 9.17) is 19.4 Å². The summed E-state index contributed by atoms with van der Waals surface area (Å²) in [5.41, 5.74) is 1.86. The van der Waals surface area contributed by atoms with Gasteiger partial charge in [0, 0.05) is 6.20 Å². The lowest BCUT2D eigenvalue weighted by atomic mass is 10.1. The van der Waals surface area contributed by atoms with Crippen molar-refractivity contribution in [3.8, 4) is 0 Å². The van der Waals surface area contributed by atoms with Gasteiger partial charge in [-0.2, -0.15) is 0 Å². The number of amidine groups is 1. The molecule has 9 nitrogen and oxygen atoms in total. The minimum atomic E-state index is -1.24. The van der Waals surface area contributed by atoms with Gasteiger partial charge < -0.3 is 29.3 Å². The molecule has 5 atom stereocenters. The number of aliphatic imine (C=N–C) groups is 1. The monoisotopic (exact) mass is 301 g/mol. The molecule has 9 heteroatoms. The summed E-state index contributed by atoms with van der Waals surface area (Å²) < 4.78 is 17.3. The lowest BCUT2D eigenvalue weighted by Gasteiger charge is -2.34. The molecule has 0 bridgehead atoms. The summed E-state index contributed by atoms with van der Waals surface area (Å²) in [6.45, 7) is 3.36. The third-order valence-corrected chi connectivity index (χ3v) is 3.64. The molecule has 4 N–H and O–H groups in total. The van der Waals surface area contributed by atoms with Crippen molar-refractivity contribution in [2.75, 3.05) is 6.61 Å². The van der Waals surface area contributed by atoms with E-state index in [2.05, 4.69) is 4.99 Å². The highest BCUT2D eigenvalue weighted by Gasteiger charge is 2.57. The molecule has 0 aromatic carbocycles. The van der Waals surface area contributed by atoms with Gasteiger partial charge in [0.25, 0.3) is 0 Å². The molecule has 118 valence electrons. The number of aliphatic hydroxyl groups is 2. The number of aliphatic hydroxyl groups excluding tert-OH is 2. The van der Waals surface area contributed by atoms with Crippen LogP contribution < -0.4 is 5.48 Å². The minimum Gasteiger partial charge on any atom is -0.394 e. The number of nitrogens with zero attached hydrogens (tertiary/aromatic N) is 2. The molecule has 21 heavy (non-hydrogen) atoms. The Labute approximate surface area is 121 Å². The molecule has 0 spiro atoms. The number of nitrogens with one attached hydrogen (secondary N) is 1. The average molecular weight is 301 g/mol. The highest BCUT2D eigenvalue weighted by molar-refractivity contribution is 5.92. The quantitative estimate of drug-likeness (QED) is 0.465. The van der Waals surface area contributed by atoms with Crippen LogP contribution in [0.3, 0.4) is 0 Å². The van der Waals surface area contributed by atoms with Gasteiger partial charge in [-0.05, 0) is 19.9 Å². The van der Waals surface area contributed by atoms with Crippen LogP contribution in [-0.4, -0.2) is 69.4 Å². The summed E-state index contributed by atoms with van der Waals surface area (Å²) >= 11 is 0. The van der Waals surface area contributed by atoms with E-state index in [-0.39, 0.29) is 12.4 Å². The Balaban J connectivity index is 1.80. The van der Waals surface area contributed by atoms with Crippen molar-refractivity contribution in [2.45, 2.75) is 50.5 Å². The SMILES string of the molecule is CC1(C)O[C@@H]2[C@H](O1)[C@@H](CO)O[C@H]2N1C=CC(NO)=NC1O. The topological polar surface area (TPSA) is 116 Å². The van der Waals surface area contributed by atoms with Crippen molar-refractivity contribution < 1.29 is 29.6 Å². The maximum atomic E-state index is 10.0. The van der Waals surface area contributed by atoms with Crippen LogP contribution in [0, 0.1) is 0 Å². The lowest BCUT2D eigenvalue weighted by molar-refractivity contribution is -0.215. The fraction of sp³-hybridized carbons (Fsp3) is 0.750. The number of fused-ring (bicyclic) bond motifs is 1. The summed E-state index contributed by atoms with van der Waals surface area (Å²) in [7, 11) is 0. The molecule has 0 saturated carbocycles. The van der Waals surface area contributed by atoms with Crippen molar-refractivity contribution >= 4 is 5.84 Å². The Kier molecular flexibility index (Phi) is 3.64. The molecule has 3 heterocycles. The second kappa shape index (κ2) is 5.20. The first-order chi connectivity index (χ1) is 9.95. The molecule has 0 aliphatic carbocycles. The molecule has 1 unspecified atom stereocenters. The van der Waals surface area contributed by atoms with E-state index in [0.717, 1.165) is 0 Å². The highest BCUT2D eigenvalue weighted by Crippen LogP contribution is 2.40. The second-order valence-corrected chi connectivity index (χ2v) is 5.55. The van der Waals surface area contributed by atoms with Gasteiger partial charge in [-0.25, -0.2) is 4.99 Å². The normalized spacial score (nSPS) is 41.1. The molecular weight excluding hydrogens is 282 g/mol. The van der Waals surface area contributed by atoms with Gasteiger partial charge in [0.05, 0.1) is 6.61 Å². The first-order valence-corrected chi connectivity index (χ1v) is 6.69. The second-order valence-electron chi connectivity index (χ2n) is 5.55. The summed E-state index contributed by atoms with van der Waals surface area (Å²) in [5.74, 6) is -0.646. The molecule has 0 aromatic heterocycles. The Morgan fingerprint density at radius 2 is 2.10 bits per heavy atom. The Bertz CT molecular complexity index is 468. The lowest BCUT2D eigenvalue weighted by Crippen LogP contribution is -2.48. The number of hydrogen-bond donors (Lipinski definition) is 4. The maximum Gasteiger partial charge on any atom is 0.229 e. The van der Waals surface area contributed by atoms with Crippen LogP contribution in [0.5, 0.6) is 0 Å². The highest BCUT2D eigenvalue weighted by atomic mass is 16.8. The van der Waals surface area contributed by atoms with E-state index in [1.807, 2.05) is 5.48 Å². The van der Waals surface area contributed by atoms with E-state index < -0.39 is 36.7 Å². The van der Waals surface area contributed by atoms with Crippen molar-refractivity contribution in [1.29, 1.82) is 0 Å². The molecule has 2 saturated heterocycles. The number of hydroxylamine groups is 1. The van der Waals surface area contributed by atoms with Gasteiger partial charge in [-0.15, -0.1) is 0 Å². The van der Waals surface area contributed by atoms with E-state index in [0.29, 0.717) is 0 Å². The smallest absolute Gasteiger partial charge is 0.229 e. The Hall–Kier alpha value is -1.23. The molecule has 2 fully saturated rings. The standard InChI is InChI=1S/C12H19N3O6/c1-12(2)20-8-6(5-16)19-10(9(8)21-12)15-4-3-7(14-18)13-11(15)17/h3-4,6,8-11,16-18H,5H2,1-2H3,(H,13,14)/t6-,8-,9-,10-,11?/m1/s1. The van der Waals surface area contributed by atoms with Crippen molar-refractivity contribution in [2.24, 2.45) is 4.99 Å². The van der Waals surface area contributed by atoms with Crippen LogP contribution in [0.15, 0.2) is 17.3 Å². The molecular formula is C12H19N3O6. The van der Waals surface area contributed by atoms with E-state index in [1.165, 1.54) is 17.2 Å². The predicted molar refractivity (Wildman–Crippen MR) is 68.9 cm³/mol. The van der Waals surface area contributed by atoms with Crippen LogP contribution in [0.25, 0.3) is 0 Å². The van der Waals surface area contributed by atoms with Crippen LogP contribution in [0.2, 0.25) is 0 Å². The number of ether oxygens (including phenoxy) is 3. The van der Waals surface area contributed by atoms with Crippen LogP contribution >= 0.6 is 0 Å². The number of hydrogen-bond acceptors (Lipinski definition) is 9. The van der Waals surface area contributed by atoms with Crippen LogP contribution in [-0.2, 0) is 14.2 Å². The van der Waals surface area contributed by atoms with Crippen molar-refractivity contribution in [3.05, 3.63) is 12.3 Å². The van der Waals surface area contributed by atoms with Gasteiger partial charge in [0.15, 0.2) is 17.9 Å². The first kappa shape index (κ1) is 14.7. The van der Waals surface area contributed by atoms with Crippen molar-refractivity contribution in [1.82, 2.24) is 10.4 Å². The average Bonchev–Trinajstić information content (AvgIpc) is 2.92. The molecule has 0 amide bonds. The van der Waals surface area contributed by atoms with Gasteiger partial charge in [0.2, 0.25) is 6.35 Å². The number of rotatable bonds is 2. The third kappa shape index (κ3) is 2.52. The zero-order valence-electron chi connectivity index (χ0n) is 11.7. The van der Waals surface area contributed by atoms with E-state index in [9.17, 15) is 10.2 Å². The first-order valence-electron chi connectivity index (χ1n) is 6.69. The molecule has 3 aliphatic rings. The molecule has 3 rings (SSSR count). The molecule has 0 aromatic rings. The predicted octanol–water partition coefficient (Wildman–Crippen LogP) is -1.29. The van der Waals surface area contributed by atoms with Crippen molar-refractivity contribution in [3.63, 3.8) is 0 Å². The Morgan fingerprint density at radius 3 is 2.71 bits per heavy atom. The summed E-state index contributed by atoms with van der Waals surface area (Å²) in [6.07, 6.45) is -0.287. The third-order valence-electron chi connectivity index (χ3n) is 3.64.